The lowest BCUT2D eigenvalue weighted by Crippen LogP contribution is -2.52. The van der Waals surface area contributed by atoms with Crippen molar-refractivity contribution in [3.05, 3.63) is 21.9 Å². The third kappa shape index (κ3) is 3.93. The molecule has 0 bridgehead atoms. The van der Waals surface area contributed by atoms with Crippen LogP contribution in [0.25, 0.3) is 0 Å². The minimum atomic E-state index is 0.138. The van der Waals surface area contributed by atoms with E-state index in [9.17, 15) is 9.59 Å². The summed E-state index contributed by atoms with van der Waals surface area (Å²) < 4.78 is 0. The molecule has 3 rings (SSSR count). The van der Waals surface area contributed by atoms with E-state index in [4.69, 9.17) is 0 Å². The number of likely N-dealkylation sites (tertiary alicyclic amines) is 1. The third-order valence-corrected chi connectivity index (χ3v) is 5.79. The zero-order valence-electron chi connectivity index (χ0n) is 13.8. The molecule has 2 aliphatic rings. The summed E-state index contributed by atoms with van der Waals surface area (Å²) in [6.45, 7) is 7.31. The summed E-state index contributed by atoms with van der Waals surface area (Å²) in [7, 11) is 0. The monoisotopic (exact) mass is 335 g/mol. The van der Waals surface area contributed by atoms with Gasteiger partial charge in [0.25, 0.3) is 5.91 Å². The Morgan fingerprint density at radius 1 is 1.00 bits per heavy atom. The minimum Gasteiger partial charge on any atom is -0.342 e. The number of carbonyl (C=O) groups excluding carboxylic acids is 2. The summed E-state index contributed by atoms with van der Waals surface area (Å²) in [6, 6.07) is 1.99. The molecular weight excluding hydrogens is 310 g/mol. The maximum absolute atomic E-state index is 12.5. The number of hydrogen-bond donors (Lipinski definition) is 0. The average Bonchev–Trinajstić information content (AvgIpc) is 3.02. The van der Waals surface area contributed by atoms with Gasteiger partial charge in [-0.15, -0.1) is 11.3 Å². The number of aryl methyl sites for hydroxylation is 1. The van der Waals surface area contributed by atoms with Crippen LogP contribution in [0.15, 0.2) is 11.4 Å². The van der Waals surface area contributed by atoms with Crippen molar-refractivity contribution < 1.29 is 9.59 Å². The predicted octanol–water partition coefficient (Wildman–Crippen LogP) is 1.83. The van der Waals surface area contributed by atoms with Crippen LogP contribution in [0.2, 0.25) is 0 Å². The van der Waals surface area contributed by atoms with Crippen LogP contribution in [-0.4, -0.2) is 72.3 Å². The lowest BCUT2D eigenvalue weighted by Gasteiger charge is -2.36. The largest absolute Gasteiger partial charge is 0.342 e. The number of rotatable bonds is 3. The molecule has 2 saturated heterocycles. The van der Waals surface area contributed by atoms with E-state index in [0.29, 0.717) is 19.6 Å². The Labute approximate surface area is 141 Å². The van der Waals surface area contributed by atoms with E-state index in [1.165, 1.54) is 17.8 Å². The standard InChI is InChI=1S/C17H25N3O2S/c1-14-5-12-23-16(14)17(22)20-10-8-18(9-11-20)13-15(21)19-6-3-2-4-7-19/h5,12H,2-4,6-11,13H2,1H3. The van der Waals surface area contributed by atoms with Gasteiger partial charge >= 0.3 is 0 Å². The van der Waals surface area contributed by atoms with Gasteiger partial charge in [0.1, 0.15) is 0 Å². The normalized spacial score (nSPS) is 19.9. The van der Waals surface area contributed by atoms with Crippen molar-refractivity contribution in [1.82, 2.24) is 14.7 Å². The zero-order chi connectivity index (χ0) is 16.2. The number of hydrogen-bond acceptors (Lipinski definition) is 4. The summed E-state index contributed by atoms with van der Waals surface area (Å²) in [6.07, 6.45) is 3.51. The highest BCUT2D eigenvalue weighted by Gasteiger charge is 2.26. The van der Waals surface area contributed by atoms with Crippen molar-refractivity contribution in [2.45, 2.75) is 26.2 Å². The van der Waals surface area contributed by atoms with Gasteiger partial charge in [0.2, 0.25) is 5.91 Å². The predicted molar refractivity (Wildman–Crippen MR) is 91.8 cm³/mol. The topological polar surface area (TPSA) is 43.9 Å². The van der Waals surface area contributed by atoms with Gasteiger partial charge in [-0.25, -0.2) is 0 Å². The molecule has 6 heteroatoms. The van der Waals surface area contributed by atoms with Crippen LogP contribution < -0.4 is 0 Å². The van der Waals surface area contributed by atoms with Crippen molar-refractivity contribution in [1.29, 1.82) is 0 Å². The molecule has 23 heavy (non-hydrogen) atoms. The molecule has 2 aliphatic heterocycles. The smallest absolute Gasteiger partial charge is 0.264 e. The second-order valence-corrected chi connectivity index (χ2v) is 7.36. The van der Waals surface area contributed by atoms with E-state index in [-0.39, 0.29) is 11.8 Å². The van der Waals surface area contributed by atoms with Gasteiger partial charge in [-0.1, -0.05) is 0 Å². The number of carbonyl (C=O) groups is 2. The highest BCUT2D eigenvalue weighted by molar-refractivity contribution is 7.12. The van der Waals surface area contributed by atoms with Crippen molar-refractivity contribution >= 4 is 23.2 Å². The Morgan fingerprint density at radius 2 is 1.70 bits per heavy atom. The Kier molecular flexibility index (Phi) is 5.33. The van der Waals surface area contributed by atoms with Gasteiger partial charge in [-0.2, -0.15) is 0 Å². The van der Waals surface area contributed by atoms with Gasteiger partial charge in [0.15, 0.2) is 0 Å². The summed E-state index contributed by atoms with van der Waals surface area (Å²) in [5, 5.41) is 1.97. The molecular formula is C17H25N3O2S. The number of thiophene rings is 1. The van der Waals surface area contributed by atoms with Crippen LogP contribution in [0.4, 0.5) is 0 Å². The van der Waals surface area contributed by atoms with Crippen LogP contribution in [0.5, 0.6) is 0 Å². The van der Waals surface area contributed by atoms with E-state index < -0.39 is 0 Å². The number of amides is 2. The van der Waals surface area contributed by atoms with Crippen LogP contribution in [0.1, 0.15) is 34.5 Å². The fourth-order valence-electron chi connectivity index (χ4n) is 3.28. The summed E-state index contributed by atoms with van der Waals surface area (Å²) >= 11 is 1.52. The molecule has 0 spiro atoms. The Morgan fingerprint density at radius 3 is 2.30 bits per heavy atom. The molecule has 0 N–H and O–H groups in total. The lowest BCUT2D eigenvalue weighted by molar-refractivity contribution is -0.133. The van der Waals surface area contributed by atoms with Crippen LogP contribution in [-0.2, 0) is 4.79 Å². The van der Waals surface area contributed by atoms with Gasteiger partial charge in [0, 0.05) is 39.3 Å². The fourth-order valence-corrected chi connectivity index (χ4v) is 4.17. The number of piperazine rings is 1. The minimum absolute atomic E-state index is 0.138. The Bertz CT molecular complexity index is 558. The zero-order valence-corrected chi connectivity index (χ0v) is 14.6. The average molecular weight is 335 g/mol. The second kappa shape index (κ2) is 7.45. The first-order valence-corrected chi connectivity index (χ1v) is 9.36. The first-order chi connectivity index (χ1) is 11.1. The summed E-state index contributed by atoms with van der Waals surface area (Å²) in [4.78, 5) is 31.8. The van der Waals surface area contributed by atoms with E-state index in [1.807, 2.05) is 28.2 Å². The molecule has 0 radical (unpaired) electrons. The SMILES string of the molecule is Cc1ccsc1C(=O)N1CCN(CC(=O)N2CCCCC2)CC1. The fraction of sp³-hybridized carbons (Fsp3) is 0.647. The second-order valence-electron chi connectivity index (χ2n) is 6.44. The maximum atomic E-state index is 12.5. The third-order valence-electron chi connectivity index (χ3n) is 4.78. The van der Waals surface area contributed by atoms with Crippen molar-refractivity contribution in [3.63, 3.8) is 0 Å². The van der Waals surface area contributed by atoms with Gasteiger partial charge < -0.3 is 9.80 Å². The van der Waals surface area contributed by atoms with Crippen molar-refractivity contribution in [3.8, 4) is 0 Å². The highest BCUT2D eigenvalue weighted by atomic mass is 32.1. The van der Waals surface area contributed by atoms with E-state index >= 15 is 0 Å². The number of nitrogens with zero attached hydrogens (tertiary/aromatic N) is 3. The molecule has 2 fully saturated rings. The molecule has 0 unspecified atom stereocenters. The quantitative estimate of drug-likeness (QED) is 0.846. The van der Waals surface area contributed by atoms with E-state index in [0.717, 1.165) is 49.5 Å². The maximum Gasteiger partial charge on any atom is 0.264 e. The molecule has 0 aliphatic carbocycles. The molecule has 0 aromatic carbocycles. The molecule has 5 nitrogen and oxygen atoms in total. The van der Waals surface area contributed by atoms with Gasteiger partial charge in [0.05, 0.1) is 11.4 Å². The Hall–Kier alpha value is -1.40. The molecule has 0 saturated carbocycles. The van der Waals surface area contributed by atoms with Crippen molar-refractivity contribution in [2.75, 3.05) is 45.8 Å². The van der Waals surface area contributed by atoms with Gasteiger partial charge in [-0.3, -0.25) is 14.5 Å². The molecule has 3 heterocycles. The molecule has 2 amide bonds. The van der Waals surface area contributed by atoms with Crippen LogP contribution in [0.3, 0.4) is 0 Å². The van der Waals surface area contributed by atoms with E-state index in [1.54, 1.807) is 0 Å². The Balaban J connectivity index is 1.47. The molecule has 1 aromatic rings. The first kappa shape index (κ1) is 16.5. The summed E-state index contributed by atoms with van der Waals surface area (Å²) in [5.74, 6) is 0.387. The number of piperidine rings is 1. The van der Waals surface area contributed by atoms with E-state index in [2.05, 4.69) is 4.90 Å². The molecule has 0 atom stereocenters. The first-order valence-electron chi connectivity index (χ1n) is 8.48. The highest BCUT2D eigenvalue weighted by Crippen LogP contribution is 2.19. The van der Waals surface area contributed by atoms with Crippen molar-refractivity contribution in [2.24, 2.45) is 0 Å². The lowest BCUT2D eigenvalue weighted by atomic mass is 10.1. The summed E-state index contributed by atoms with van der Waals surface area (Å²) in [5.41, 5.74) is 1.06. The molecule has 126 valence electrons. The van der Waals surface area contributed by atoms with Crippen LogP contribution >= 0.6 is 11.3 Å². The van der Waals surface area contributed by atoms with Crippen LogP contribution in [0, 0.1) is 6.92 Å². The van der Waals surface area contributed by atoms with Gasteiger partial charge in [-0.05, 0) is 43.2 Å². The molecule has 1 aromatic heterocycles.